The maximum absolute atomic E-state index is 12.4. The molecule has 6 nitrogen and oxygen atoms in total. The fourth-order valence-corrected chi connectivity index (χ4v) is 4.08. The van der Waals surface area contributed by atoms with Crippen LogP contribution in [0.4, 0.5) is 0 Å². The zero-order valence-electron chi connectivity index (χ0n) is 15.7. The van der Waals surface area contributed by atoms with Gasteiger partial charge in [0.1, 0.15) is 6.61 Å². The fraction of sp³-hybridized carbons (Fsp3) is 0.650. The Morgan fingerprint density at radius 2 is 2.19 bits per heavy atom. The van der Waals surface area contributed by atoms with Gasteiger partial charge in [-0.3, -0.25) is 14.6 Å². The number of carbonyl (C=O) groups is 2. The number of aromatic nitrogens is 1. The molecule has 1 atom stereocenters. The minimum Gasteiger partial charge on any atom is -0.372 e. The van der Waals surface area contributed by atoms with Crippen molar-refractivity contribution in [2.45, 2.75) is 45.6 Å². The number of ether oxygens (including phenoxy) is 1. The van der Waals surface area contributed by atoms with E-state index in [0.29, 0.717) is 26.1 Å². The Labute approximate surface area is 155 Å². The normalized spacial score (nSPS) is 23.5. The number of likely N-dealkylation sites (tertiary alicyclic amines) is 2. The van der Waals surface area contributed by atoms with Gasteiger partial charge in [-0.1, -0.05) is 13.0 Å². The molecule has 3 rings (SSSR count). The molecule has 2 aliphatic heterocycles. The average Bonchev–Trinajstić information content (AvgIpc) is 2.66. The Hall–Kier alpha value is -1.95. The summed E-state index contributed by atoms with van der Waals surface area (Å²) in [5.74, 6) is 0.265. The first-order valence-corrected chi connectivity index (χ1v) is 9.65. The number of hydrogen-bond donors (Lipinski definition) is 0. The van der Waals surface area contributed by atoms with Crippen LogP contribution >= 0.6 is 0 Å². The molecule has 2 aliphatic rings. The standard InChI is InChI=1S/C20H29N3O3/c1-2-12-26-14-19(25)22-11-5-8-20(15-22)9-7-18(24)23(16-20)13-17-6-3-4-10-21-17/h3-4,6,10H,2,5,7-9,11-16H2,1H3/t20-/m1/s1. The average molecular weight is 359 g/mol. The van der Waals surface area contributed by atoms with Gasteiger partial charge in [0.25, 0.3) is 0 Å². The molecule has 2 saturated heterocycles. The van der Waals surface area contributed by atoms with Gasteiger partial charge >= 0.3 is 0 Å². The largest absolute Gasteiger partial charge is 0.372 e. The highest BCUT2D eigenvalue weighted by atomic mass is 16.5. The third-order valence-electron chi connectivity index (χ3n) is 5.42. The lowest BCUT2D eigenvalue weighted by Gasteiger charge is -2.48. The first-order chi connectivity index (χ1) is 12.6. The molecule has 0 unspecified atom stereocenters. The lowest BCUT2D eigenvalue weighted by atomic mass is 9.73. The monoisotopic (exact) mass is 359 g/mol. The summed E-state index contributed by atoms with van der Waals surface area (Å²) in [4.78, 5) is 33.1. The summed E-state index contributed by atoms with van der Waals surface area (Å²) in [7, 11) is 0. The van der Waals surface area contributed by atoms with Gasteiger partial charge in [0, 0.05) is 44.3 Å². The van der Waals surface area contributed by atoms with Crippen LogP contribution < -0.4 is 0 Å². The van der Waals surface area contributed by atoms with E-state index in [1.807, 2.05) is 34.9 Å². The number of amides is 2. The van der Waals surface area contributed by atoms with Gasteiger partial charge in [-0.05, 0) is 37.8 Å². The van der Waals surface area contributed by atoms with Crippen molar-refractivity contribution in [3.05, 3.63) is 30.1 Å². The first-order valence-electron chi connectivity index (χ1n) is 9.65. The Bertz CT molecular complexity index is 622. The summed E-state index contributed by atoms with van der Waals surface area (Å²) in [5, 5.41) is 0. The molecule has 0 N–H and O–H groups in total. The number of rotatable bonds is 6. The third-order valence-corrected chi connectivity index (χ3v) is 5.42. The molecule has 0 aromatic carbocycles. The Morgan fingerprint density at radius 1 is 1.31 bits per heavy atom. The van der Waals surface area contributed by atoms with E-state index in [0.717, 1.165) is 44.5 Å². The minimum absolute atomic E-state index is 0.0152. The number of pyridine rings is 1. The van der Waals surface area contributed by atoms with Crippen LogP contribution in [0.3, 0.4) is 0 Å². The Balaban J connectivity index is 1.62. The van der Waals surface area contributed by atoms with Gasteiger partial charge in [0.2, 0.25) is 11.8 Å². The number of carbonyl (C=O) groups excluding carboxylic acids is 2. The minimum atomic E-state index is 0.0152. The zero-order chi connectivity index (χ0) is 18.4. The summed E-state index contributed by atoms with van der Waals surface area (Å²) < 4.78 is 5.43. The van der Waals surface area contributed by atoms with Gasteiger partial charge in [-0.2, -0.15) is 0 Å². The zero-order valence-corrected chi connectivity index (χ0v) is 15.7. The van der Waals surface area contributed by atoms with Crippen LogP contribution in [0.2, 0.25) is 0 Å². The van der Waals surface area contributed by atoms with E-state index in [9.17, 15) is 9.59 Å². The fourth-order valence-electron chi connectivity index (χ4n) is 4.08. The van der Waals surface area contributed by atoms with Crippen LogP contribution in [0.25, 0.3) is 0 Å². The molecule has 0 radical (unpaired) electrons. The molecular weight excluding hydrogens is 330 g/mol. The maximum Gasteiger partial charge on any atom is 0.248 e. The van der Waals surface area contributed by atoms with Crippen LogP contribution in [0.1, 0.15) is 44.7 Å². The topological polar surface area (TPSA) is 62.7 Å². The van der Waals surface area contributed by atoms with Gasteiger partial charge in [-0.25, -0.2) is 0 Å². The van der Waals surface area contributed by atoms with Crippen molar-refractivity contribution >= 4 is 11.8 Å². The van der Waals surface area contributed by atoms with E-state index >= 15 is 0 Å². The Kier molecular flexibility index (Phi) is 6.25. The van der Waals surface area contributed by atoms with Crippen molar-refractivity contribution in [1.82, 2.24) is 14.8 Å². The lowest BCUT2D eigenvalue weighted by molar-refractivity contribution is -0.146. The summed E-state index contributed by atoms with van der Waals surface area (Å²) in [6.07, 6.45) is 6.16. The predicted molar refractivity (Wildman–Crippen MR) is 98.2 cm³/mol. The molecule has 1 aromatic heterocycles. The van der Waals surface area contributed by atoms with Crippen molar-refractivity contribution in [2.24, 2.45) is 5.41 Å². The third kappa shape index (κ3) is 4.61. The van der Waals surface area contributed by atoms with E-state index in [2.05, 4.69) is 4.98 Å². The first kappa shape index (κ1) is 18.8. The van der Waals surface area contributed by atoms with Crippen molar-refractivity contribution in [2.75, 3.05) is 32.8 Å². The van der Waals surface area contributed by atoms with Crippen LogP contribution in [0, 0.1) is 5.41 Å². The summed E-state index contributed by atoms with van der Waals surface area (Å²) in [6.45, 7) is 5.61. The van der Waals surface area contributed by atoms with E-state index in [1.54, 1.807) is 6.20 Å². The van der Waals surface area contributed by atoms with E-state index < -0.39 is 0 Å². The number of nitrogens with zero attached hydrogens (tertiary/aromatic N) is 3. The van der Waals surface area contributed by atoms with Crippen molar-refractivity contribution in [3.8, 4) is 0 Å². The number of hydrogen-bond acceptors (Lipinski definition) is 4. The molecule has 1 spiro atoms. The Morgan fingerprint density at radius 3 is 2.96 bits per heavy atom. The molecule has 1 aromatic rings. The molecule has 6 heteroatoms. The maximum atomic E-state index is 12.4. The van der Waals surface area contributed by atoms with E-state index in [1.165, 1.54) is 0 Å². The lowest BCUT2D eigenvalue weighted by Crippen LogP contribution is -2.55. The van der Waals surface area contributed by atoms with Crippen molar-refractivity contribution < 1.29 is 14.3 Å². The summed E-state index contributed by atoms with van der Waals surface area (Å²) in [6, 6.07) is 5.79. The number of piperidine rings is 2. The molecule has 0 aliphatic carbocycles. The van der Waals surface area contributed by atoms with Crippen LogP contribution in [-0.4, -0.2) is 59.4 Å². The molecule has 0 saturated carbocycles. The van der Waals surface area contributed by atoms with E-state index in [-0.39, 0.29) is 23.8 Å². The molecule has 3 heterocycles. The molecule has 26 heavy (non-hydrogen) atoms. The second-order valence-corrected chi connectivity index (χ2v) is 7.54. The summed E-state index contributed by atoms with van der Waals surface area (Å²) >= 11 is 0. The smallest absolute Gasteiger partial charge is 0.248 e. The van der Waals surface area contributed by atoms with Crippen molar-refractivity contribution in [3.63, 3.8) is 0 Å². The molecule has 142 valence electrons. The van der Waals surface area contributed by atoms with Gasteiger partial charge < -0.3 is 14.5 Å². The van der Waals surface area contributed by atoms with Gasteiger partial charge in [0.15, 0.2) is 0 Å². The van der Waals surface area contributed by atoms with E-state index in [4.69, 9.17) is 4.74 Å². The van der Waals surface area contributed by atoms with Crippen molar-refractivity contribution in [1.29, 1.82) is 0 Å². The van der Waals surface area contributed by atoms with Gasteiger partial charge in [-0.15, -0.1) is 0 Å². The quantitative estimate of drug-likeness (QED) is 0.731. The predicted octanol–water partition coefficient (Wildman–Crippen LogP) is 2.24. The molecular formula is C20H29N3O3. The highest BCUT2D eigenvalue weighted by molar-refractivity contribution is 5.78. The second-order valence-electron chi connectivity index (χ2n) is 7.54. The highest BCUT2D eigenvalue weighted by Crippen LogP contribution is 2.39. The summed E-state index contributed by atoms with van der Waals surface area (Å²) in [5.41, 5.74) is 0.927. The SMILES string of the molecule is CCCOCC(=O)N1CCC[C@@]2(CCC(=O)N(Cc3ccccn3)C2)C1. The van der Waals surface area contributed by atoms with Crippen LogP contribution in [0.15, 0.2) is 24.4 Å². The van der Waals surface area contributed by atoms with Crippen LogP contribution in [0.5, 0.6) is 0 Å². The second kappa shape index (κ2) is 8.62. The molecule has 2 fully saturated rings. The molecule has 2 amide bonds. The molecule has 0 bridgehead atoms. The van der Waals surface area contributed by atoms with Gasteiger partial charge in [0.05, 0.1) is 12.2 Å². The highest BCUT2D eigenvalue weighted by Gasteiger charge is 2.42. The van der Waals surface area contributed by atoms with Crippen LogP contribution in [-0.2, 0) is 20.9 Å².